The highest BCUT2D eigenvalue weighted by molar-refractivity contribution is 8.00. The molecule has 4 aromatic rings. The molecule has 1 amide bonds. The van der Waals surface area contributed by atoms with Gasteiger partial charge in [-0.25, -0.2) is 9.97 Å². The van der Waals surface area contributed by atoms with Crippen LogP contribution in [-0.4, -0.2) is 21.6 Å². The van der Waals surface area contributed by atoms with Gasteiger partial charge in [-0.3, -0.25) is 9.69 Å². The van der Waals surface area contributed by atoms with Crippen molar-refractivity contribution in [3.05, 3.63) is 64.3 Å². The van der Waals surface area contributed by atoms with Gasteiger partial charge >= 0.3 is 0 Å². The number of fused-ring (bicyclic) bond motifs is 2. The molecule has 140 valence electrons. The van der Waals surface area contributed by atoms with E-state index in [4.69, 9.17) is 16.6 Å². The van der Waals surface area contributed by atoms with Crippen LogP contribution in [0.5, 0.6) is 0 Å². The fraction of sp³-hybridized carbons (Fsp3) is 0.190. The van der Waals surface area contributed by atoms with E-state index in [1.807, 2.05) is 24.3 Å². The first kappa shape index (κ1) is 17.9. The average molecular weight is 426 g/mol. The molecule has 0 saturated carbocycles. The summed E-state index contributed by atoms with van der Waals surface area (Å²) in [6.07, 6.45) is 0. The Kier molecular flexibility index (Phi) is 4.30. The highest BCUT2D eigenvalue weighted by Gasteiger charge is 2.37. The Balaban J connectivity index is 1.63. The average Bonchev–Trinajstić information content (AvgIpc) is 3.24. The molecule has 0 radical (unpaired) electrons. The molecule has 1 unspecified atom stereocenters. The number of hydrogen-bond donors (Lipinski definition) is 0. The van der Waals surface area contributed by atoms with Gasteiger partial charge in [-0.2, -0.15) is 0 Å². The number of halogens is 1. The number of aryl methyl sites for hydroxylation is 2. The predicted octanol–water partition coefficient (Wildman–Crippen LogP) is 5.89. The molecule has 1 fully saturated rings. The highest BCUT2D eigenvalue weighted by Crippen LogP contribution is 2.46. The summed E-state index contributed by atoms with van der Waals surface area (Å²) in [4.78, 5) is 23.8. The maximum atomic E-state index is 12.7. The van der Waals surface area contributed by atoms with Gasteiger partial charge in [-0.05, 0) is 49.7 Å². The lowest BCUT2D eigenvalue weighted by Gasteiger charge is -2.22. The van der Waals surface area contributed by atoms with Gasteiger partial charge in [-0.1, -0.05) is 40.6 Å². The number of benzene rings is 2. The van der Waals surface area contributed by atoms with Crippen LogP contribution in [0.4, 0.5) is 5.13 Å². The number of thiazole rings is 1. The lowest BCUT2D eigenvalue weighted by molar-refractivity contribution is -0.115. The zero-order valence-electron chi connectivity index (χ0n) is 15.3. The van der Waals surface area contributed by atoms with E-state index in [1.54, 1.807) is 16.7 Å². The largest absolute Gasteiger partial charge is 0.273 e. The van der Waals surface area contributed by atoms with Gasteiger partial charge in [0.1, 0.15) is 10.5 Å². The Morgan fingerprint density at radius 1 is 1.04 bits per heavy atom. The SMILES string of the molecule is Cc1ccc2nc(Cl)c(C3SCC(=O)N3c3nc4ccc(C)cc4s3)cc2c1. The maximum absolute atomic E-state index is 12.7. The first-order valence-corrected chi connectivity index (χ1v) is 11.1. The number of amides is 1. The van der Waals surface area contributed by atoms with E-state index in [1.165, 1.54) is 16.9 Å². The molecule has 0 N–H and O–H groups in total. The summed E-state index contributed by atoms with van der Waals surface area (Å²) >= 11 is 9.65. The lowest BCUT2D eigenvalue weighted by Crippen LogP contribution is -2.27. The van der Waals surface area contributed by atoms with Crippen LogP contribution in [0.3, 0.4) is 0 Å². The first-order valence-electron chi connectivity index (χ1n) is 8.87. The van der Waals surface area contributed by atoms with Gasteiger partial charge in [0.25, 0.3) is 0 Å². The normalized spacial score (nSPS) is 17.2. The molecule has 1 aliphatic heterocycles. The predicted molar refractivity (Wildman–Crippen MR) is 119 cm³/mol. The Morgan fingerprint density at radius 3 is 2.61 bits per heavy atom. The summed E-state index contributed by atoms with van der Waals surface area (Å²) in [6, 6.07) is 14.3. The standard InChI is InChI=1S/C21H16ClN3OS2/c1-11-3-5-15-13(7-11)9-14(19(22)23-15)20-25(18(26)10-27-20)21-24-16-6-4-12(2)8-17(16)28-21/h3-9,20H,10H2,1-2H3. The molecule has 2 aromatic heterocycles. The number of hydrogen-bond acceptors (Lipinski definition) is 5. The van der Waals surface area contributed by atoms with E-state index < -0.39 is 0 Å². The number of carbonyl (C=O) groups is 1. The minimum atomic E-state index is -0.223. The Morgan fingerprint density at radius 2 is 1.79 bits per heavy atom. The molecular weight excluding hydrogens is 410 g/mol. The Bertz CT molecular complexity index is 1250. The van der Waals surface area contributed by atoms with Crippen LogP contribution in [0.25, 0.3) is 21.1 Å². The van der Waals surface area contributed by atoms with Gasteiger partial charge in [-0.15, -0.1) is 11.8 Å². The second kappa shape index (κ2) is 6.72. The molecule has 4 nitrogen and oxygen atoms in total. The monoisotopic (exact) mass is 425 g/mol. The molecule has 1 aliphatic rings. The van der Waals surface area contributed by atoms with E-state index >= 15 is 0 Å². The summed E-state index contributed by atoms with van der Waals surface area (Å²) < 4.78 is 1.08. The minimum Gasteiger partial charge on any atom is -0.273 e. The molecule has 3 heterocycles. The molecule has 0 bridgehead atoms. The molecule has 1 atom stereocenters. The van der Waals surface area contributed by atoms with Crippen molar-refractivity contribution in [1.29, 1.82) is 0 Å². The molecule has 5 rings (SSSR count). The number of thioether (sulfide) groups is 1. The summed E-state index contributed by atoms with van der Waals surface area (Å²) in [7, 11) is 0. The number of rotatable bonds is 2. The number of nitrogens with zero attached hydrogens (tertiary/aromatic N) is 3. The molecule has 7 heteroatoms. The second-order valence-electron chi connectivity index (χ2n) is 6.96. The van der Waals surface area contributed by atoms with E-state index in [9.17, 15) is 4.79 Å². The molecule has 1 saturated heterocycles. The van der Waals surface area contributed by atoms with Crippen LogP contribution in [0.1, 0.15) is 22.1 Å². The van der Waals surface area contributed by atoms with Gasteiger partial charge in [0.2, 0.25) is 5.91 Å². The van der Waals surface area contributed by atoms with Crippen molar-refractivity contribution in [3.8, 4) is 0 Å². The van der Waals surface area contributed by atoms with Gasteiger partial charge in [0.05, 0.1) is 21.5 Å². The van der Waals surface area contributed by atoms with E-state index in [0.717, 1.165) is 32.2 Å². The van der Waals surface area contributed by atoms with E-state index in [2.05, 4.69) is 37.0 Å². The van der Waals surface area contributed by atoms with E-state index in [-0.39, 0.29) is 11.3 Å². The maximum Gasteiger partial charge on any atom is 0.240 e. The Hall–Kier alpha value is -2.15. The number of carbonyl (C=O) groups excluding carboxylic acids is 1. The van der Waals surface area contributed by atoms with E-state index in [0.29, 0.717) is 16.0 Å². The van der Waals surface area contributed by atoms with Crippen LogP contribution in [-0.2, 0) is 4.79 Å². The van der Waals surface area contributed by atoms with Crippen molar-refractivity contribution in [3.63, 3.8) is 0 Å². The lowest BCUT2D eigenvalue weighted by atomic mass is 10.1. The number of anilines is 1. The van der Waals surface area contributed by atoms with Crippen molar-refractivity contribution in [2.45, 2.75) is 19.2 Å². The second-order valence-corrected chi connectivity index (χ2v) is 9.39. The van der Waals surface area contributed by atoms with Gasteiger partial charge < -0.3 is 0 Å². The third kappa shape index (κ3) is 2.96. The molecular formula is C21H16ClN3OS2. The summed E-state index contributed by atoms with van der Waals surface area (Å²) in [5.74, 6) is 0.452. The first-order chi connectivity index (χ1) is 13.5. The fourth-order valence-corrected chi connectivity index (χ4v) is 6.10. The fourth-order valence-electron chi connectivity index (χ4n) is 3.45. The highest BCUT2D eigenvalue weighted by atomic mass is 35.5. The van der Waals surface area contributed by atoms with Crippen LogP contribution in [0.15, 0.2) is 42.5 Å². The smallest absolute Gasteiger partial charge is 0.240 e. The molecule has 2 aromatic carbocycles. The minimum absolute atomic E-state index is 0.0474. The quantitative estimate of drug-likeness (QED) is 0.375. The summed E-state index contributed by atoms with van der Waals surface area (Å²) in [5, 5.41) is 1.95. The molecule has 0 spiro atoms. The van der Waals surface area contributed by atoms with Gasteiger partial charge in [0.15, 0.2) is 5.13 Å². The van der Waals surface area contributed by atoms with Crippen LogP contribution in [0, 0.1) is 13.8 Å². The van der Waals surface area contributed by atoms with Crippen LogP contribution in [0.2, 0.25) is 5.15 Å². The van der Waals surface area contributed by atoms with Crippen molar-refractivity contribution in [1.82, 2.24) is 9.97 Å². The van der Waals surface area contributed by atoms with Gasteiger partial charge in [0, 0.05) is 10.9 Å². The Labute approximate surface area is 175 Å². The third-order valence-electron chi connectivity index (χ3n) is 4.82. The van der Waals surface area contributed by atoms with Crippen LogP contribution >= 0.6 is 34.7 Å². The number of aromatic nitrogens is 2. The van der Waals surface area contributed by atoms with Crippen molar-refractivity contribution >= 4 is 66.9 Å². The number of pyridine rings is 1. The third-order valence-corrected chi connectivity index (χ3v) is 7.34. The van der Waals surface area contributed by atoms with Crippen molar-refractivity contribution in [2.75, 3.05) is 10.7 Å². The summed E-state index contributed by atoms with van der Waals surface area (Å²) in [5.41, 5.74) is 4.96. The van der Waals surface area contributed by atoms with Crippen molar-refractivity contribution in [2.24, 2.45) is 0 Å². The zero-order chi connectivity index (χ0) is 19.4. The summed E-state index contributed by atoms with van der Waals surface area (Å²) in [6.45, 7) is 4.11. The van der Waals surface area contributed by atoms with Crippen LogP contribution < -0.4 is 4.90 Å². The molecule has 0 aliphatic carbocycles. The molecule has 28 heavy (non-hydrogen) atoms. The van der Waals surface area contributed by atoms with Crippen molar-refractivity contribution < 1.29 is 4.79 Å². The zero-order valence-corrected chi connectivity index (χ0v) is 17.7. The topological polar surface area (TPSA) is 46.1 Å².